The maximum atomic E-state index is 14.7. The highest BCUT2D eigenvalue weighted by Crippen LogP contribution is 2.40. The predicted octanol–water partition coefficient (Wildman–Crippen LogP) is 8.41. The summed E-state index contributed by atoms with van der Waals surface area (Å²) in [6.45, 7) is 0. The number of hydrogen-bond acceptors (Lipinski definition) is 3. The van der Waals surface area contributed by atoms with Crippen molar-refractivity contribution in [1.82, 2.24) is 5.32 Å². The Bertz CT molecular complexity index is 1930. The average molecular weight is 687 g/mol. The summed E-state index contributed by atoms with van der Waals surface area (Å²) in [6.07, 6.45) is -10.2. The number of aromatic hydroxyl groups is 1. The number of phenols is 1. The Hall–Kier alpha value is -5.72. The van der Waals surface area contributed by atoms with E-state index in [2.05, 4.69) is 5.32 Å². The molecule has 0 aliphatic rings. The quantitative estimate of drug-likeness (QED) is 0.150. The van der Waals surface area contributed by atoms with E-state index < -0.39 is 63.4 Å². The molecular weight excluding hydrogens is 660 g/mol. The lowest BCUT2D eigenvalue weighted by molar-refractivity contribution is -0.138. The van der Waals surface area contributed by atoms with Crippen molar-refractivity contribution in [3.05, 3.63) is 172 Å². The van der Waals surface area contributed by atoms with Crippen LogP contribution in [0.15, 0.2) is 121 Å². The summed E-state index contributed by atoms with van der Waals surface area (Å²) in [5.41, 5.74) is 0.155. The van der Waals surface area contributed by atoms with Gasteiger partial charge in [0.05, 0.1) is 16.7 Å². The molecule has 0 saturated carbocycles. The van der Waals surface area contributed by atoms with Gasteiger partial charge < -0.3 is 16.2 Å². The smallest absolute Gasteiger partial charge is 0.416 e. The summed E-state index contributed by atoms with van der Waals surface area (Å²) < 4.78 is 110. The summed E-state index contributed by atoms with van der Waals surface area (Å²) in [5.74, 6) is -4.85. The van der Waals surface area contributed by atoms with Gasteiger partial charge in [-0.25, -0.2) is 8.78 Å². The van der Waals surface area contributed by atoms with Crippen LogP contribution >= 0.6 is 0 Å². The third-order valence-electron chi connectivity index (χ3n) is 7.31. The zero-order valence-corrected chi connectivity index (χ0v) is 25.1. The number of alkyl halides is 6. The van der Waals surface area contributed by atoms with E-state index in [1.165, 1.54) is 0 Å². The molecule has 5 nitrogen and oxygen atoms in total. The lowest BCUT2D eigenvalue weighted by Crippen LogP contribution is -2.49. The molecule has 0 fully saturated rings. The Labute approximate surface area is 274 Å². The minimum absolute atomic E-state index is 0.158. The number of carbonyl (C=O) groups is 2. The van der Waals surface area contributed by atoms with Crippen LogP contribution in [0.4, 0.5) is 35.1 Å². The first-order valence-electron chi connectivity index (χ1n) is 14.3. The van der Waals surface area contributed by atoms with Crippen molar-refractivity contribution >= 4 is 11.8 Å². The lowest BCUT2D eigenvalue weighted by atomic mass is 9.77. The Morgan fingerprint density at radius 1 is 0.612 bits per heavy atom. The molecule has 0 saturated heterocycles. The summed E-state index contributed by atoms with van der Waals surface area (Å²) in [4.78, 5) is 23.9. The molecule has 0 heterocycles. The van der Waals surface area contributed by atoms with Crippen molar-refractivity contribution < 1.29 is 49.8 Å². The number of nitrogens with two attached hydrogens (primary N) is 1. The maximum Gasteiger partial charge on any atom is 0.416 e. The van der Waals surface area contributed by atoms with Gasteiger partial charge >= 0.3 is 12.4 Å². The fourth-order valence-electron chi connectivity index (χ4n) is 4.94. The fraction of sp³-hybridized carbons (Fsp3) is 0.111. The summed E-state index contributed by atoms with van der Waals surface area (Å²) in [6, 6.07) is 24.3. The number of hydrogen-bond donors (Lipinski definition) is 3. The van der Waals surface area contributed by atoms with Gasteiger partial charge in [0.2, 0.25) is 5.91 Å². The highest BCUT2D eigenvalue weighted by molar-refractivity contribution is 5.95. The molecular formula is C36H26F8N2O3. The molecule has 254 valence electrons. The van der Waals surface area contributed by atoms with Gasteiger partial charge in [0.25, 0.3) is 5.91 Å². The van der Waals surface area contributed by atoms with Gasteiger partial charge in [-0.05, 0) is 77.4 Å². The molecule has 0 aromatic heterocycles. The number of benzene rings is 5. The van der Waals surface area contributed by atoms with E-state index in [0.29, 0.717) is 23.3 Å². The summed E-state index contributed by atoms with van der Waals surface area (Å²) in [7, 11) is 0. The van der Waals surface area contributed by atoms with E-state index in [1.54, 1.807) is 54.6 Å². The van der Waals surface area contributed by atoms with Crippen LogP contribution in [-0.2, 0) is 24.3 Å². The molecule has 0 spiro atoms. The first-order valence-corrected chi connectivity index (χ1v) is 14.3. The van der Waals surface area contributed by atoms with Gasteiger partial charge in [-0.3, -0.25) is 9.59 Å². The van der Waals surface area contributed by atoms with Crippen LogP contribution in [0, 0.1) is 11.6 Å². The topological polar surface area (TPSA) is 92.4 Å². The van der Waals surface area contributed by atoms with Gasteiger partial charge in [0.15, 0.2) is 11.6 Å². The van der Waals surface area contributed by atoms with E-state index in [4.69, 9.17) is 5.73 Å². The number of nitrogens with one attached hydrogen (secondary N) is 1. The average Bonchev–Trinajstić information content (AvgIpc) is 3.06. The molecule has 2 amide bonds. The number of halogens is 8. The standard InChI is InChI=1S/C29H19F8NO2.C7H7NO/c30-23-13-21(12-22(14-23)29(35,36)37)27(16-17-5-2-1-3-6-17,19-9-10-24(31)25(39)15-19)38-26(40)18-7-4-8-20(11-18)28(32,33)34;8-7(9)6-4-2-1-3-5-6/h1-15,39H,16H2,(H,38,40);1-5H,(H2,8,9)/t27-;/m1./s1. The second-order valence-electron chi connectivity index (χ2n) is 10.7. The van der Waals surface area contributed by atoms with Gasteiger partial charge in [0.1, 0.15) is 5.82 Å². The van der Waals surface area contributed by atoms with Gasteiger partial charge in [-0.15, -0.1) is 0 Å². The van der Waals surface area contributed by atoms with Crippen LogP contribution in [-0.4, -0.2) is 16.9 Å². The SMILES string of the molecule is NC(=O)c1ccccc1.O=C(N[C@@](Cc1ccccc1)(c1cc(F)cc(C(F)(F)F)c1)c1ccc(F)c(O)c1)c1cccc(C(F)(F)F)c1. The second kappa shape index (κ2) is 14.6. The number of rotatable bonds is 7. The number of carbonyl (C=O) groups excluding carboxylic acids is 2. The third kappa shape index (κ3) is 9.01. The van der Waals surface area contributed by atoms with Crippen LogP contribution in [0.1, 0.15) is 48.5 Å². The Morgan fingerprint density at radius 3 is 1.73 bits per heavy atom. The Kier molecular flexibility index (Phi) is 10.8. The van der Waals surface area contributed by atoms with Crippen molar-refractivity contribution in [3.63, 3.8) is 0 Å². The molecule has 5 rings (SSSR count). The van der Waals surface area contributed by atoms with Crippen LogP contribution in [0.25, 0.3) is 0 Å². The molecule has 0 unspecified atom stereocenters. The van der Waals surface area contributed by atoms with Crippen LogP contribution in [0.5, 0.6) is 5.75 Å². The zero-order chi connectivity index (χ0) is 36.0. The monoisotopic (exact) mass is 686 g/mol. The summed E-state index contributed by atoms with van der Waals surface area (Å²) >= 11 is 0. The minimum atomic E-state index is -5.01. The molecule has 0 aliphatic carbocycles. The number of primary amides is 1. The van der Waals surface area contributed by atoms with Crippen molar-refractivity contribution in [2.75, 3.05) is 0 Å². The molecule has 0 aliphatic heterocycles. The minimum Gasteiger partial charge on any atom is -0.505 e. The lowest BCUT2D eigenvalue weighted by Gasteiger charge is -2.37. The van der Waals surface area contributed by atoms with Crippen LogP contribution < -0.4 is 11.1 Å². The van der Waals surface area contributed by atoms with Crippen molar-refractivity contribution in [1.29, 1.82) is 0 Å². The molecule has 49 heavy (non-hydrogen) atoms. The van der Waals surface area contributed by atoms with E-state index in [-0.39, 0.29) is 24.0 Å². The third-order valence-corrected chi connectivity index (χ3v) is 7.31. The largest absolute Gasteiger partial charge is 0.505 e. The number of amides is 2. The highest BCUT2D eigenvalue weighted by Gasteiger charge is 2.41. The van der Waals surface area contributed by atoms with Crippen molar-refractivity contribution in [2.24, 2.45) is 5.73 Å². The number of phenolic OH excluding ortho intramolecular Hbond substituents is 1. The van der Waals surface area contributed by atoms with E-state index in [9.17, 15) is 49.8 Å². The molecule has 4 N–H and O–H groups in total. The van der Waals surface area contributed by atoms with E-state index in [1.807, 2.05) is 6.07 Å². The molecule has 5 aromatic carbocycles. The molecule has 13 heteroatoms. The first kappa shape index (κ1) is 36.1. The van der Waals surface area contributed by atoms with E-state index >= 15 is 0 Å². The highest BCUT2D eigenvalue weighted by atomic mass is 19.4. The van der Waals surface area contributed by atoms with Gasteiger partial charge in [-0.1, -0.05) is 60.7 Å². The maximum absolute atomic E-state index is 14.7. The molecule has 5 aromatic rings. The zero-order valence-electron chi connectivity index (χ0n) is 25.1. The second-order valence-corrected chi connectivity index (χ2v) is 10.7. The normalized spacial score (nSPS) is 12.7. The van der Waals surface area contributed by atoms with E-state index in [0.717, 1.165) is 42.5 Å². The van der Waals surface area contributed by atoms with Crippen molar-refractivity contribution in [2.45, 2.75) is 24.3 Å². The van der Waals surface area contributed by atoms with Crippen LogP contribution in [0.2, 0.25) is 0 Å². The summed E-state index contributed by atoms with van der Waals surface area (Å²) in [5, 5.41) is 12.6. The van der Waals surface area contributed by atoms with Gasteiger partial charge in [0, 0.05) is 17.5 Å². The Balaban J connectivity index is 0.000000520. The Morgan fingerprint density at radius 2 is 1.18 bits per heavy atom. The molecule has 1 atom stereocenters. The van der Waals surface area contributed by atoms with Crippen molar-refractivity contribution in [3.8, 4) is 5.75 Å². The van der Waals surface area contributed by atoms with Gasteiger partial charge in [-0.2, -0.15) is 26.3 Å². The molecule has 0 bridgehead atoms. The van der Waals surface area contributed by atoms with Crippen LogP contribution in [0.3, 0.4) is 0 Å². The molecule has 0 radical (unpaired) electrons. The fourth-order valence-corrected chi connectivity index (χ4v) is 4.94. The first-order chi connectivity index (χ1) is 23.0. The predicted molar refractivity (Wildman–Crippen MR) is 164 cm³/mol.